The number of benzene rings is 2. The van der Waals surface area contributed by atoms with Crippen molar-refractivity contribution in [3.05, 3.63) is 62.2 Å². The van der Waals surface area contributed by atoms with Gasteiger partial charge in [-0.25, -0.2) is 8.42 Å². The second-order valence-corrected chi connectivity index (χ2v) is 7.69. The molecule has 0 aliphatic carbocycles. The van der Waals surface area contributed by atoms with E-state index in [1.165, 1.54) is 24.3 Å². The number of anilines is 1. The van der Waals surface area contributed by atoms with Crippen LogP contribution in [-0.2, 0) is 14.8 Å². The van der Waals surface area contributed by atoms with Gasteiger partial charge in [-0.1, -0.05) is 18.2 Å². The minimum atomic E-state index is -4.43. The van der Waals surface area contributed by atoms with Crippen molar-refractivity contribution in [3.63, 3.8) is 0 Å². The van der Waals surface area contributed by atoms with Crippen LogP contribution in [0, 0.1) is 13.7 Å². The van der Waals surface area contributed by atoms with Crippen LogP contribution in [0.1, 0.15) is 0 Å². The van der Waals surface area contributed by atoms with Crippen molar-refractivity contribution < 1.29 is 23.2 Å². The standard InChI is InChI=1S/C14H11IN2O6S/c15-10-4-3-5-11(8-10)16(9-14(18)19)24(22,23)13-7-2-1-6-12(13)17(20)21/h1-8H,9H2,(H,18,19). The van der Waals surface area contributed by atoms with Crippen molar-refractivity contribution in [1.82, 2.24) is 0 Å². The first-order valence-corrected chi connectivity index (χ1v) is 8.99. The quantitative estimate of drug-likeness (QED) is 0.401. The third-order valence-electron chi connectivity index (χ3n) is 3.01. The van der Waals surface area contributed by atoms with E-state index in [2.05, 4.69) is 0 Å². The van der Waals surface area contributed by atoms with E-state index in [1.807, 2.05) is 22.6 Å². The van der Waals surface area contributed by atoms with Crippen LogP contribution in [0.2, 0.25) is 0 Å². The second-order valence-electron chi connectivity index (χ2n) is 4.61. The van der Waals surface area contributed by atoms with Gasteiger partial charge in [0.2, 0.25) is 0 Å². The third-order valence-corrected chi connectivity index (χ3v) is 5.50. The van der Waals surface area contributed by atoms with E-state index in [1.54, 1.807) is 12.1 Å². The number of sulfonamides is 1. The Kier molecular flexibility index (Phi) is 5.39. The molecule has 0 aliphatic rings. The highest BCUT2D eigenvalue weighted by molar-refractivity contribution is 14.1. The van der Waals surface area contributed by atoms with E-state index in [0.717, 1.165) is 12.1 Å². The van der Waals surface area contributed by atoms with Crippen LogP contribution in [0.25, 0.3) is 0 Å². The molecule has 0 saturated heterocycles. The lowest BCUT2D eigenvalue weighted by molar-refractivity contribution is -0.387. The van der Waals surface area contributed by atoms with E-state index < -0.39 is 38.0 Å². The highest BCUT2D eigenvalue weighted by Gasteiger charge is 2.33. The third kappa shape index (κ3) is 3.82. The Balaban J connectivity index is 2.65. The first-order chi connectivity index (χ1) is 11.2. The number of rotatable bonds is 6. The van der Waals surface area contributed by atoms with Crippen LogP contribution in [0.4, 0.5) is 11.4 Å². The van der Waals surface area contributed by atoms with Gasteiger partial charge in [0.15, 0.2) is 4.90 Å². The molecule has 2 rings (SSSR count). The minimum absolute atomic E-state index is 0.113. The molecule has 2 aromatic rings. The number of carbonyl (C=O) groups is 1. The Morgan fingerprint density at radius 2 is 1.88 bits per heavy atom. The van der Waals surface area contributed by atoms with Crippen molar-refractivity contribution in [2.45, 2.75) is 4.90 Å². The topological polar surface area (TPSA) is 118 Å². The summed E-state index contributed by atoms with van der Waals surface area (Å²) < 4.78 is 27.1. The highest BCUT2D eigenvalue weighted by atomic mass is 127. The van der Waals surface area contributed by atoms with Crippen molar-refractivity contribution in [2.75, 3.05) is 10.8 Å². The van der Waals surface area contributed by atoms with Crippen molar-refractivity contribution >= 4 is 50.0 Å². The summed E-state index contributed by atoms with van der Waals surface area (Å²) in [5, 5.41) is 20.2. The molecule has 0 saturated carbocycles. The lowest BCUT2D eigenvalue weighted by Crippen LogP contribution is -2.36. The lowest BCUT2D eigenvalue weighted by atomic mass is 10.3. The summed E-state index contributed by atoms with van der Waals surface area (Å²) in [4.78, 5) is 20.9. The Bertz CT molecular complexity index is 900. The number of carboxylic acids is 1. The predicted molar refractivity (Wildman–Crippen MR) is 94.4 cm³/mol. The molecule has 24 heavy (non-hydrogen) atoms. The second kappa shape index (κ2) is 7.13. The van der Waals surface area contributed by atoms with Crippen molar-refractivity contribution in [2.24, 2.45) is 0 Å². The zero-order valence-corrected chi connectivity index (χ0v) is 15.0. The summed E-state index contributed by atoms with van der Waals surface area (Å²) in [6.07, 6.45) is 0. The zero-order chi connectivity index (χ0) is 17.9. The summed E-state index contributed by atoms with van der Waals surface area (Å²) in [6.45, 7) is -0.853. The molecule has 0 radical (unpaired) electrons. The Morgan fingerprint density at radius 3 is 2.46 bits per heavy atom. The Labute approximate surface area is 151 Å². The number of hydrogen-bond donors (Lipinski definition) is 1. The van der Waals surface area contributed by atoms with Crippen molar-refractivity contribution in [1.29, 1.82) is 0 Å². The first-order valence-electron chi connectivity index (χ1n) is 6.47. The molecule has 0 bridgehead atoms. The zero-order valence-electron chi connectivity index (χ0n) is 12.0. The average molecular weight is 462 g/mol. The molecule has 0 heterocycles. The molecule has 2 aromatic carbocycles. The number of nitro groups is 1. The summed E-state index contributed by atoms with van der Waals surface area (Å²) in [5.41, 5.74) is -0.499. The maximum Gasteiger partial charge on any atom is 0.324 e. The molecule has 126 valence electrons. The minimum Gasteiger partial charge on any atom is -0.480 e. The van der Waals surface area contributed by atoms with E-state index in [0.29, 0.717) is 7.88 Å². The van der Waals surface area contributed by atoms with Crippen LogP contribution < -0.4 is 4.31 Å². The number of nitrogens with zero attached hydrogens (tertiary/aromatic N) is 2. The molecule has 0 aliphatic heterocycles. The number of para-hydroxylation sites is 1. The normalized spacial score (nSPS) is 11.0. The van der Waals surface area contributed by atoms with Gasteiger partial charge in [-0.15, -0.1) is 0 Å². The number of halogens is 1. The molecule has 0 spiro atoms. The summed E-state index contributed by atoms with van der Waals surface area (Å²) in [7, 11) is -4.43. The number of aliphatic carboxylic acids is 1. The Morgan fingerprint density at radius 1 is 1.21 bits per heavy atom. The smallest absolute Gasteiger partial charge is 0.324 e. The lowest BCUT2D eigenvalue weighted by Gasteiger charge is -2.22. The monoisotopic (exact) mass is 462 g/mol. The van der Waals surface area contributed by atoms with Crippen LogP contribution in [0.3, 0.4) is 0 Å². The van der Waals surface area contributed by atoms with E-state index >= 15 is 0 Å². The molecule has 1 N–H and O–H groups in total. The van der Waals surface area contributed by atoms with Gasteiger partial charge in [-0.05, 0) is 46.9 Å². The van der Waals surface area contributed by atoms with Gasteiger partial charge in [0.05, 0.1) is 10.6 Å². The van der Waals surface area contributed by atoms with Gasteiger partial charge in [0, 0.05) is 9.64 Å². The molecule has 8 nitrogen and oxygen atoms in total. The number of nitro benzene ring substituents is 1. The van der Waals surface area contributed by atoms with Gasteiger partial charge >= 0.3 is 5.97 Å². The van der Waals surface area contributed by atoms with Crippen LogP contribution in [0.15, 0.2) is 53.4 Å². The highest BCUT2D eigenvalue weighted by Crippen LogP contribution is 2.30. The summed E-state index contributed by atoms with van der Waals surface area (Å²) in [6, 6.07) is 11.0. The van der Waals surface area contributed by atoms with Crippen LogP contribution in [0.5, 0.6) is 0 Å². The first kappa shape index (κ1) is 18.1. The molecule has 0 atom stereocenters. The van der Waals surface area contributed by atoms with Gasteiger partial charge < -0.3 is 5.11 Å². The molecular weight excluding hydrogens is 451 g/mol. The van der Waals surface area contributed by atoms with Gasteiger partial charge in [-0.2, -0.15) is 0 Å². The molecule has 0 aromatic heterocycles. The molecule has 0 unspecified atom stereocenters. The van der Waals surface area contributed by atoms with E-state index in [4.69, 9.17) is 5.11 Å². The van der Waals surface area contributed by atoms with Gasteiger partial charge in [0.1, 0.15) is 6.54 Å². The maximum absolute atomic E-state index is 12.9. The van der Waals surface area contributed by atoms with Crippen molar-refractivity contribution in [3.8, 4) is 0 Å². The van der Waals surface area contributed by atoms with Gasteiger partial charge in [-0.3, -0.25) is 19.2 Å². The SMILES string of the molecule is O=C(O)CN(c1cccc(I)c1)S(=O)(=O)c1ccccc1[N+](=O)[O-]. The van der Waals surface area contributed by atoms with E-state index in [-0.39, 0.29) is 5.69 Å². The van der Waals surface area contributed by atoms with Crippen LogP contribution >= 0.6 is 22.6 Å². The number of carboxylic acid groups (broad SMARTS) is 1. The predicted octanol–water partition coefficient (Wildman–Crippen LogP) is 2.48. The molecule has 0 amide bonds. The van der Waals surface area contributed by atoms with E-state index in [9.17, 15) is 23.3 Å². The molecular formula is C14H11IN2O6S. The summed E-state index contributed by atoms with van der Waals surface area (Å²) in [5.74, 6) is -1.38. The fourth-order valence-corrected chi connectivity index (χ4v) is 4.11. The maximum atomic E-state index is 12.9. The molecule has 10 heteroatoms. The average Bonchev–Trinajstić information content (AvgIpc) is 2.52. The molecule has 0 fully saturated rings. The van der Waals surface area contributed by atoms with Crippen LogP contribution in [-0.4, -0.2) is 31.0 Å². The fraction of sp³-hybridized carbons (Fsp3) is 0.0714. The summed E-state index contributed by atoms with van der Waals surface area (Å²) >= 11 is 1.96. The van der Waals surface area contributed by atoms with Gasteiger partial charge in [0.25, 0.3) is 15.7 Å². The number of hydrogen-bond acceptors (Lipinski definition) is 5. The fourth-order valence-electron chi connectivity index (χ4n) is 2.01. The Hall–Kier alpha value is -2.21. The largest absolute Gasteiger partial charge is 0.480 e.